The molecule has 0 unspecified atom stereocenters. The molecule has 26 heavy (non-hydrogen) atoms. The Bertz CT molecular complexity index is 916. The van der Waals surface area contributed by atoms with Gasteiger partial charge in [-0.25, -0.2) is 13.1 Å². The Morgan fingerprint density at radius 3 is 2.42 bits per heavy atom. The van der Waals surface area contributed by atoms with Crippen molar-refractivity contribution in [2.24, 2.45) is 0 Å². The molecule has 2 heterocycles. The fourth-order valence-electron chi connectivity index (χ4n) is 3.01. The van der Waals surface area contributed by atoms with Gasteiger partial charge < -0.3 is 4.74 Å². The van der Waals surface area contributed by atoms with Crippen molar-refractivity contribution in [3.05, 3.63) is 46.2 Å². The maximum Gasteiger partial charge on any atom is 0.251 e. The first-order chi connectivity index (χ1) is 12.3. The molecule has 1 aliphatic rings. The summed E-state index contributed by atoms with van der Waals surface area (Å²) in [5.74, 6) is -0.295. The molecule has 7 nitrogen and oxygen atoms in total. The second-order valence-electron chi connectivity index (χ2n) is 6.13. The van der Waals surface area contributed by atoms with Gasteiger partial charge in [-0.1, -0.05) is 23.7 Å². The summed E-state index contributed by atoms with van der Waals surface area (Å²) in [4.78, 5) is 12.7. The zero-order chi connectivity index (χ0) is 18.9. The second kappa shape index (κ2) is 7.48. The van der Waals surface area contributed by atoms with Gasteiger partial charge in [-0.2, -0.15) is 9.40 Å². The van der Waals surface area contributed by atoms with Crippen LogP contribution in [0.4, 0.5) is 0 Å². The van der Waals surface area contributed by atoms with Gasteiger partial charge in [0.25, 0.3) is 5.91 Å². The zero-order valence-corrected chi connectivity index (χ0v) is 16.2. The number of nitrogens with zero attached hydrogens (tertiary/aromatic N) is 3. The molecule has 1 fully saturated rings. The minimum Gasteiger partial charge on any atom is -0.379 e. The standard InChI is InChI=1S/C17H20ClN3O4S/c1-12-17(26(23,24)20-7-9-25-10-8-20)13(2)21(19-12)16(22)11-14-3-5-15(18)6-4-14/h3-6H,7-11H2,1-2H3. The molecule has 1 aromatic carbocycles. The van der Waals surface area contributed by atoms with Crippen LogP contribution in [0.1, 0.15) is 21.7 Å². The molecule has 0 radical (unpaired) electrons. The highest BCUT2D eigenvalue weighted by Crippen LogP contribution is 2.24. The quantitative estimate of drug-likeness (QED) is 0.788. The van der Waals surface area contributed by atoms with Crippen LogP contribution in [0.25, 0.3) is 0 Å². The highest BCUT2D eigenvalue weighted by molar-refractivity contribution is 7.89. The van der Waals surface area contributed by atoms with Gasteiger partial charge in [-0.05, 0) is 31.5 Å². The van der Waals surface area contributed by atoms with Gasteiger partial charge in [0.2, 0.25) is 10.0 Å². The Morgan fingerprint density at radius 2 is 1.81 bits per heavy atom. The van der Waals surface area contributed by atoms with Crippen molar-refractivity contribution in [3.63, 3.8) is 0 Å². The van der Waals surface area contributed by atoms with E-state index in [-0.39, 0.29) is 17.2 Å². The van der Waals surface area contributed by atoms with Crippen LogP contribution >= 0.6 is 11.6 Å². The molecule has 0 spiro atoms. The predicted molar refractivity (Wildman–Crippen MR) is 97.1 cm³/mol. The molecule has 1 aromatic heterocycles. The molecule has 0 N–H and O–H groups in total. The summed E-state index contributed by atoms with van der Waals surface area (Å²) in [5.41, 5.74) is 1.43. The van der Waals surface area contributed by atoms with E-state index in [4.69, 9.17) is 16.3 Å². The summed E-state index contributed by atoms with van der Waals surface area (Å²) >= 11 is 5.86. The van der Waals surface area contributed by atoms with Crippen LogP contribution in [0, 0.1) is 13.8 Å². The number of aromatic nitrogens is 2. The van der Waals surface area contributed by atoms with Crippen LogP contribution < -0.4 is 0 Å². The van der Waals surface area contributed by atoms with Crippen molar-refractivity contribution in [1.29, 1.82) is 0 Å². The van der Waals surface area contributed by atoms with E-state index in [1.807, 2.05) is 0 Å². The fraction of sp³-hybridized carbons (Fsp3) is 0.412. The van der Waals surface area contributed by atoms with Gasteiger partial charge in [0.1, 0.15) is 4.90 Å². The molecule has 3 rings (SSSR count). The minimum absolute atomic E-state index is 0.101. The molecule has 9 heteroatoms. The molecular formula is C17H20ClN3O4S. The van der Waals surface area contributed by atoms with Crippen LogP contribution in [-0.2, 0) is 21.2 Å². The number of hydrogen-bond donors (Lipinski definition) is 0. The van der Waals surface area contributed by atoms with Crippen molar-refractivity contribution in [1.82, 2.24) is 14.1 Å². The van der Waals surface area contributed by atoms with Crippen molar-refractivity contribution in [3.8, 4) is 0 Å². The first kappa shape index (κ1) is 19.0. The third kappa shape index (κ3) is 3.68. The molecular weight excluding hydrogens is 378 g/mol. The summed E-state index contributed by atoms with van der Waals surface area (Å²) in [6, 6.07) is 6.94. The number of halogens is 1. The maximum atomic E-state index is 13.0. The van der Waals surface area contributed by atoms with E-state index in [2.05, 4.69) is 5.10 Å². The first-order valence-electron chi connectivity index (χ1n) is 8.22. The molecule has 0 aliphatic carbocycles. The number of ether oxygens (including phenoxy) is 1. The Morgan fingerprint density at radius 1 is 1.19 bits per heavy atom. The SMILES string of the molecule is Cc1nn(C(=O)Cc2ccc(Cl)cc2)c(C)c1S(=O)(=O)N1CCOCC1. The summed E-state index contributed by atoms with van der Waals surface area (Å²) in [6.07, 6.45) is 0.107. The normalized spacial score (nSPS) is 16.0. The zero-order valence-electron chi connectivity index (χ0n) is 14.6. The lowest BCUT2D eigenvalue weighted by atomic mass is 10.1. The van der Waals surface area contributed by atoms with E-state index in [1.54, 1.807) is 38.1 Å². The number of rotatable bonds is 4. The lowest BCUT2D eigenvalue weighted by Gasteiger charge is -2.26. The van der Waals surface area contributed by atoms with Crippen molar-refractivity contribution in [2.45, 2.75) is 25.2 Å². The van der Waals surface area contributed by atoms with E-state index in [0.29, 0.717) is 42.7 Å². The van der Waals surface area contributed by atoms with Gasteiger partial charge in [0, 0.05) is 18.1 Å². The lowest BCUT2D eigenvalue weighted by molar-refractivity contribution is 0.0730. The van der Waals surface area contributed by atoms with Crippen molar-refractivity contribution >= 4 is 27.5 Å². The smallest absolute Gasteiger partial charge is 0.251 e. The number of hydrogen-bond acceptors (Lipinski definition) is 5. The number of carbonyl (C=O) groups excluding carboxylic acids is 1. The van der Waals surface area contributed by atoms with Crippen molar-refractivity contribution in [2.75, 3.05) is 26.3 Å². The van der Waals surface area contributed by atoms with Crippen LogP contribution in [-0.4, -0.2) is 54.7 Å². The molecule has 0 bridgehead atoms. The van der Waals surface area contributed by atoms with Crippen LogP contribution in [0.5, 0.6) is 0 Å². The first-order valence-corrected chi connectivity index (χ1v) is 10.0. The molecule has 140 valence electrons. The number of benzene rings is 1. The van der Waals surface area contributed by atoms with Crippen LogP contribution in [0.15, 0.2) is 29.2 Å². The average Bonchev–Trinajstić information content (AvgIpc) is 2.93. The molecule has 0 atom stereocenters. The monoisotopic (exact) mass is 397 g/mol. The molecule has 1 saturated heterocycles. The van der Waals surface area contributed by atoms with E-state index < -0.39 is 10.0 Å². The number of sulfonamides is 1. The Balaban J connectivity index is 1.89. The molecule has 0 amide bonds. The third-order valence-corrected chi connectivity index (χ3v) is 6.70. The Hall–Kier alpha value is -1.74. The third-order valence-electron chi connectivity index (χ3n) is 4.30. The fourth-order valence-corrected chi connectivity index (χ4v) is 4.90. The second-order valence-corrected chi connectivity index (χ2v) is 8.44. The summed E-state index contributed by atoms with van der Waals surface area (Å²) in [5, 5.41) is 4.78. The Labute approximate surface area is 157 Å². The van der Waals surface area contributed by atoms with E-state index in [1.165, 1.54) is 8.99 Å². The number of morpholine rings is 1. The summed E-state index contributed by atoms with van der Waals surface area (Å²) < 4.78 is 33.7. The minimum atomic E-state index is -3.71. The maximum absolute atomic E-state index is 13.0. The Kier molecular flexibility index (Phi) is 5.47. The largest absolute Gasteiger partial charge is 0.379 e. The number of carbonyl (C=O) groups is 1. The van der Waals surface area contributed by atoms with E-state index >= 15 is 0 Å². The van der Waals surface area contributed by atoms with Gasteiger partial charge in [0.05, 0.1) is 31.0 Å². The lowest BCUT2D eigenvalue weighted by Crippen LogP contribution is -2.41. The van der Waals surface area contributed by atoms with Gasteiger partial charge in [-0.15, -0.1) is 0 Å². The predicted octanol–water partition coefficient (Wildman–Crippen LogP) is 2.06. The van der Waals surface area contributed by atoms with E-state index in [0.717, 1.165) is 5.56 Å². The van der Waals surface area contributed by atoms with Crippen molar-refractivity contribution < 1.29 is 17.9 Å². The summed E-state index contributed by atoms with van der Waals surface area (Å²) in [7, 11) is -3.71. The van der Waals surface area contributed by atoms with E-state index in [9.17, 15) is 13.2 Å². The molecule has 1 aliphatic heterocycles. The van der Waals surface area contributed by atoms with Gasteiger partial charge >= 0.3 is 0 Å². The number of aryl methyl sites for hydroxylation is 1. The van der Waals surface area contributed by atoms with Gasteiger partial charge in [0.15, 0.2) is 0 Å². The summed E-state index contributed by atoms with van der Waals surface area (Å²) in [6.45, 7) is 4.53. The highest BCUT2D eigenvalue weighted by atomic mass is 35.5. The average molecular weight is 398 g/mol. The van der Waals surface area contributed by atoms with Gasteiger partial charge in [-0.3, -0.25) is 4.79 Å². The topological polar surface area (TPSA) is 81.5 Å². The van der Waals surface area contributed by atoms with Crippen LogP contribution in [0.3, 0.4) is 0 Å². The highest BCUT2D eigenvalue weighted by Gasteiger charge is 2.33. The molecule has 2 aromatic rings. The van der Waals surface area contributed by atoms with Crippen LogP contribution in [0.2, 0.25) is 5.02 Å². The molecule has 0 saturated carbocycles.